The normalized spacial score (nSPS) is 13.9. The Morgan fingerprint density at radius 3 is 2.44 bits per heavy atom. The van der Waals surface area contributed by atoms with Gasteiger partial charge in [-0.25, -0.2) is 0 Å². The lowest BCUT2D eigenvalue weighted by atomic mass is 9.94. The Hall–Kier alpha value is -3.25. The number of para-hydroxylation sites is 1. The molecule has 1 saturated carbocycles. The smallest absolute Gasteiger partial charge is 0.258 e. The number of benzene rings is 2. The van der Waals surface area contributed by atoms with Crippen molar-refractivity contribution in [1.29, 1.82) is 0 Å². The molecule has 0 aliphatic heterocycles. The second kappa shape index (κ2) is 13.7. The van der Waals surface area contributed by atoms with Gasteiger partial charge in [0, 0.05) is 36.0 Å². The molecule has 0 saturated heterocycles. The summed E-state index contributed by atoms with van der Waals surface area (Å²) < 4.78 is 7.62. The first-order chi connectivity index (χ1) is 18.9. The van der Waals surface area contributed by atoms with E-state index in [2.05, 4.69) is 24.5 Å². The van der Waals surface area contributed by atoms with E-state index in [0.717, 1.165) is 42.0 Å². The highest BCUT2D eigenvalue weighted by Crippen LogP contribution is 2.26. The molecule has 0 radical (unpaired) electrons. The van der Waals surface area contributed by atoms with Crippen molar-refractivity contribution in [2.24, 2.45) is 5.92 Å². The minimum absolute atomic E-state index is 0.0173. The Kier molecular flexibility index (Phi) is 10.1. The number of hydrogen-bond donors (Lipinski definition) is 0. The molecule has 2 aromatic carbocycles. The van der Waals surface area contributed by atoms with Crippen LogP contribution < -0.4 is 4.74 Å². The third-order valence-electron chi connectivity index (χ3n) is 7.43. The lowest BCUT2D eigenvalue weighted by molar-refractivity contribution is -0.135. The van der Waals surface area contributed by atoms with Gasteiger partial charge in [0.05, 0.1) is 19.2 Å². The fourth-order valence-electron chi connectivity index (χ4n) is 5.45. The highest BCUT2D eigenvalue weighted by atomic mass is 35.5. The van der Waals surface area contributed by atoms with Crippen molar-refractivity contribution in [2.45, 2.75) is 65.1 Å². The summed E-state index contributed by atoms with van der Waals surface area (Å²) in [6, 6.07) is 19.3. The molecular formula is C32H40ClN3O3. The molecule has 1 heterocycles. The van der Waals surface area contributed by atoms with Gasteiger partial charge in [0.25, 0.3) is 5.91 Å². The quantitative estimate of drug-likeness (QED) is 0.269. The van der Waals surface area contributed by atoms with Crippen LogP contribution in [-0.4, -0.2) is 52.4 Å². The number of amides is 2. The average Bonchev–Trinajstić information content (AvgIpc) is 3.38. The van der Waals surface area contributed by atoms with Crippen LogP contribution in [-0.2, 0) is 17.9 Å². The van der Waals surface area contributed by atoms with Gasteiger partial charge in [0.15, 0.2) is 0 Å². The Balaban J connectivity index is 1.58. The second-order valence-corrected chi connectivity index (χ2v) is 11.2. The number of nitrogens with zero attached hydrogens (tertiary/aromatic N) is 3. The van der Waals surface area contributed by atoms with Gasteiger partial charge in [-0.2, -0.15) is 0 Å². The number of ether oxygens (including phenoxy) is 1. The van der Waals surface area contributed by atoms with E-state index in [9.17, 15) is 9.59 Å². The van der Waals surface area contributed by atoms with E-state index >= 15 is 0 Å². The zero-order chi connectivity index (χ0) is 27.8. The van der Waals surface area contributed by atoms with Crippen LogP contribution in [0.15, 0.2) is 66.9 Å². The molecule has 0 spiro atoms. The van der Waals surface area contributed by atoms with Crippen molar-refractivity contribution in [2.75, 3.05) is 20.2 Å². The zero-order valence-corrected chi connectivity index (χ0v) is 24.1. The van der Waals surface area contributed by atoms with Crippen molar-refractivity contribution >= 4 is 23.4 Å². The first-order valence-electron chi connectivity index (χ1n) is 14.0. The molecule has 1 aliphatic carbocycles. The van der Waals surface area contributed by atoms with E-state index in [-0.39, 0.29) is 30.3 Å². The Bertz CT molecular complexity index is 1250. The summed E-state index contributed by atoms with van der Waals surface area (Å²) in [7, 11) is 1.56. The van der Waals surface area contributed by atoms with E-state index in [1.54, 1.807) is 24.1 Å². The maximum atomic E-state index is 14.0. The van der Waals surface area contributed by atoms with Crippen LogP contribution in [0.2, 0.25) is 5.02 Å². The Labute approximate surface area is 237 Å². The van der Waals surface area contributed by atoms with Crippen LogP contribution in [0.25, 0.3) is 0 Å². The van der Waals surface area contributed by atoms with E-state index in [1.165, 1.54) is 6.42 Å². The molecule has 1 aliphatic rings. The maximum Gasteiger partial charge on any atom is 0.258 e. The Morgan fingerprint density at radius 1 is 1.00 bits per heavy atom. The molecule has 0 atom stereocenters. The van der Waals surface area contributed by atoms with Gasteiger partial charge in [-0.3, -0.25) is 9.59 Å². The van der Waals surface area contributed by atoms with Crippen LogP contribution >= 0.6 is 11.6 Å². The molecule has 208 valence electrons. The molecule has 1 aromatic heterocycles. The number of carbonyl (C=O) groups is 2. The highest BCUT2D eigenvalue weighted by Gasteiger charge is 2.30. The lowest BCUT2D eigenvalue weighted by Gasteiger charge is -2.36. The number of rotatable bonds is 11. The summed E-state index contributed by atoms with van der Waals surface area (Å²) in [5, 5.41) is 0.733. The molecule has 39 heavy (non-hydrogen) atoms. The highest BCUT2D eigenvalue weighted by molar-refractivity contribution is 6.31. The first kappa shape index (κ1) is 28.8. The number of aromatic nitrogens is 1. The van der Waals surface area contributed by atoms with Gasteiger partial charge in [-0.15, -0.1) is 0 Å². The van der Waals surface area contributed by atoms with Gasteiger partial charge in [0.1, 0.15) is 12.3 Å². The minimum atomic E-state index is -0.180. The molecular weight excluding hydrogens is 510 g/mol. The standard InChI is InChI=1S/C32H40ClN3O3/c1-24(2)20-35(32(38)28-16-8-10-18-30(28)39-3)23-31(37)36(26-13-5-4-6-14-26)22-27-15-11-19-34(27)21-25-12-7-9-17-29(25)33/h7-12,15-19,24,26H,4-6,13-14,20-23H2,1-3H3. The Morgan fingerprint density at radius 2 is 1.72 bits per heavy atom. The molecule has 1 fully saturated rings. The van der Waals surface area contributed by atoms with Crippen LogP contribution in [0, 0.1) is 5.92 Å². The number of halogens is 1. The zero-order valence-electron chi connectivity index (χ0n) is 23.3. The molecule has 3 aromatic rings. The third-order valence-corrected chi connectivity index (χ3v) is 7.80. The fourth-order valence-corrected chi connectivity index (χ4v) is 5.65. The van der Waals surface area contributed by atoms with Crippen molar-refractivity contribution in [1.82, 2.24) is 14.4 Å². The van der Waals surface area contributed by atoms with Crippen molar-refractivity contribution in [3.63, 3.8) is 0 Å². The van der Waals surface area contributed by atoms with Crippen molar-refractivity contribution < 1.29 is 14.3 Å². The predicted octanol–water partition coefficient (Wildman–Crippen LogP) is 6.66. The van der Waals surface area contributed by atoms with Gasteiger partial charge < -0.3 is 19.1 Å². The van der Waals surface area contributed by atoms with Crippen molar-refractivity contribution in [3.8, 4) is 5.75 Å². The van der Waals surface area contributed by atoms with Gasteiger partial charge in [-0.05, 0) is 54.7 Å². The number of hydrogen-bond acceptors (Lipinski definition) is 3. The molecule has 0 unspecified atom stereocenters. The predicted molar refractivity (Wildman–Crippen MR) is 156 cm³/mol. The van der Waals surface area contributed by atoms with Gasteiger partial charge in [0.2, 0.25) is 5.91 Å². The SMILES string of the molecule is COc1ccccc1C(=O)N(CC(=O)N(Cc1cccn1Cc1ccccc1Cl)C1CCCCC1)CC(C)C. The van der Waals surface area contributed by atoms with Crippen LogP contribution in [0.1, 0.15) is 67.6 Å². The van der Waals surface area contributed by atoms with Crippen LogP contribution in [0.4, 0.5) is 0 Å². The fraction of sp³-hybridized carbons (Fsp3) is 0.438. The van der Waals surface area contributed by atoms with Gasteiger partial charge in [-0.1, -0.05) is 75.0 Å². The number of methoxy groups -OCH3 is 1. The summed E-state index contributed by atoms with van der Waals surface area (Å²) in [4.78, 5) is 31.4. The van der Waals surface area contributed by atoms with Gasteiger partial charge >= 0.3 is 0 Å². The van der Waals surface area contributed by atoms with Crippen molar-refractivity contribution in [3.05, 3.63) is 88.7 Å². The van der Waals surface area contributed by atoms with Crippen LogP contribution in [0.5, 0.6) is 5.75 Å². The molecule has 7 heteroatoms. The summed E-state index contributed by atoms with van der Waals surface area (Å²) in [5.41, 5.74) is 2.57. The third kappa shape index (κ3) is 7.45. The van der Waals surface area contributed by atoms with E-state index < -0.39 is 0 Å². The summed E-state index contributed by atoms with van der Waals surface area (Å²) in [6.45, 7) is 5.79. The first-order valence-corrected chi connectivity index (χ1v) is 14.3. The summed E-state index contributed by atoms with van der Waals surface area (Å²) >= 11 is 6.45. The minimum Gasteiger partial charge on any atom is -0.496 e. The number of carbonyl (C=O) groups excluding carboxylic acids is 2. The van der Waals surface area contributed by atoms with Crippen LogP contribution in [0.3, 0.4) is 0 Å². The molecule has 0 N–H and O–H groups in total. The largest absolute Gasteiger partial charge is 0.496 e. The van der Waals surface area contributed by atoms with E-state index in [4.69, 9.17) is 16.3 Å². The maximum absolute atomic E-state index is 14.0. The molecule has 0 bridgehead atoms. The summed E-state index contributed by atoms with van der Waals surface area (Å²) in [5.74, 6) is 0.536. The molecule has 2 amide bonds. The molecule has 6 nitrogen and oxygen atoms in total. The monoisotopic (exact) mass is 549 g/mol. The topological polar surface area (TPSA) is 54.8 Å². The average molecular weight is 550 g/mol. The summed E-state index contributed by atoms with van der Waals surface area (Å²) in [6.07, 6.45) is 7.45. The second-order valence-electron chi connectivity index (χ2n) is 10.8. The van der Waals surface area contributed by atoms with E-state index in [1.807, 2.05) is 53.6 Å². The lowest BCUT2D eigenvalue weighted by Crippen LogP contribution is -2.48. The molecule has 4 rings (SSSR count). The van der Waals surface area contributed by atoms with E-state index in [0.29, 0.717) is 30.9 Å².